The molecule has 142 valence electrons. The quantitative estimate of drug-likeness (QED) is 0.524. The highest BCUT2D eigenvalue weighted by molar-refractivity contribution is 7.15. The van der Waals surface area contributed by atoms with Crippen LogP contribution < -0.4 is 5.56 Å². The summed E-state index contributed by atoms with van der Waals surface area (Å²) in [6.45, 7) is 5.60. The summed E-state index contributed by atoms with van der Waals surface area (Å²) in [5.41, 5.74) is 1.75. The number of nitrogens with one attached hydrogen (secondary N) is 1. The molecule has 1 N–H and O–H groups in total. The lowest BCUT2D eigenvalue weighted by molar-refractivity contribution is 0.0320. The van der Waals surface area contributed by atoms with Crippen molar-refractivity contribution in [2.75, 3.05) is 0 Å². The van der Waals surface area contributed by atoms with Crippen molar-refractivity contribution in [3.63, 3.8) is 0 Å². The Balaban J connectivity index is 1.67. The lowest BCUT2D eigenvalue weighted by Crippen LogP contribution is -2.18. The molecular formula is C21H19N3O3S. The number of H-pyrrole nitrogens is 1. The standard InChI is InChI=1S/C21H19N3O3S/c1-12-14(3)28-20(24-10-6-7-11-24)17(12)21(26)27-13(2)18-22-16-9-5-4-8-15(16)19(25)23-18/h4-11,13H,1-3H3,(H,22,23,25)/t13-/m1/s1. The molecule has 0 bridgehead atoms. The number of fused-ring (bicyclic) bond motifs is 1. The molecule has 0 fully saturated rings. The molecule has 0 saturated carbocycles. The van der Waals surface area contributed by atoms with Crippen LogP contribution in [0.5, 0.6) is 0 Å². The number of rotatable bonds is 4. The van der Waals surface area contributed by atoms with Crippen LogP contribution >= 0.6 is 11.3 Å². The largest absolute Gasteiger partial charge is 0.451 e. The summed E-state index contributed by atoms with van der Waals surface area (Å²) in [6.07, 6.45) is 3.10. The minimum atomic E-state index is -0.693. The smallest absolute Gasteiger partial charge is 0.342 e. The van der Waals surface area contributed by atoms with E-state index in [1.54, 1.807) is 36.5 Å². The molecule has 4 aromatic rings. The van der Waals surface area contributed by atoms with Crippen LogP contribution in [0, 0.1) is 13.8 Å². The normalized spacial score (nSPS) is 12.2. The Kier molecular flexibility index (Phi) is 4.60. The molecule has 4 rings (SSSR count). The highest BCUT2D eigenvalue weighted by Gasteiger charge is 2.24. The second kappa shape index (κ2) is 7.09. The van der Waals surface area contributed by atoms with Gasteiger partial charge in [0.2, 0.25) is 0 Å². The number of aryl methyl sites for hydroxylation is 1. The van der Waals surface area contributed by atoms with Gasteiger partial charge >= 0.3 is 5.97 Å². The lowest BCUT2D eigenvalue weighted by atomic mass is 10.1. The summed E-state index contributed by atoms with van der Waals surface area (Å²) in [4.78, 5) is 33.5. The van der Waals surface area contributed by atoms with Crippen molar-refractivity contribution in [2.45, 2.75) is 26.9 Å². The molecule has 7 heteroatoms. The van der Waals surface area contributed by atoms with Crippen molar-refractivity contribution in [3.05, 3.63) is 81.0 Å². The van der Waals surface area contributed by atoms with Crippen LogP contribution in [-0.4, -0.2) is 20.5 Å². The van der Waals surface area contributed by atoms with Gasteiger partial charge in [0.05, 0.1) is 16.5 Å². The third-order valence-electron chi connectivity index (χ3n) is 4.71. The number of nitrogens with zero attached hydrogens (tertiary/aromatic N) is 2. The van der Waals surface area contributed by atoms with Gasteiger partial charge in [0.25, 0.3) is 5.56 Å². The average Bonchev–Trinajstić information content (AvgIpc) is 3.30. The number of para-hydroxylation sites is 1. The Morgan fingerprint density at radius 2 is 1.89 bits per heavy atom. The molecule has 0 radical (unpaired) electrons. The first-order valence-electron chi connectivity index (χ1n) is 8.89. The van der Waals surface area contributed by atoms with Crippen LogP contribution in [0.1, 0.15) is 39.7 Å². The van der Waals surface area contributed by atoms with Gasteiger partial charge in [-0.2, -0.15) is 0 Å². The van der Waals surface area contributed by atoms with Crippen molar-refractivity contribution in [1.82, 2.24) is 14.5 Å². The van der Waals surface area contributed by atoms with Gasteiger partial charge in [0, 0.05) is 17.3 Å². The zero-order valence-electron chi connectivity index (χ0n) is 15.7. The van der Waals surface area contributed by atoms with Crippen LogP contribution in [0.25, 0.3) is 15.9 Å². The number of aromatic nitrogens is 3. The summed E-state index contributed by atoms with van der Waals surface area (Å²) in [5.74, 6) is -0.113. The maximum absolute atomic E-state index is 13.0. The molecular weight excluding hydrogens is 374 g/mol. The highest BCUT2D eigenvalue weighted by atomic mass is 32.1. The van der Waals surface area contributed by atoms with Crippen molar-refractivity contribution in [2.24, 2.45) is 0 Å². The summed E-state index contributed by atoms with van der Waals surface area (Å²) >= 11 is 1.54. The SMILES string of the molecule is Cc1sc(-n2cccc2)c(C(=O)O[C@H](C)c2nc3ccccc3c(=O)[nH]2)c1C. The number of benzene rings is 1. The first-order valence-corrected chi connectivity index (χ1v) is 9.70. The monoisotopic (exact) mass is 393 g/mol. The summed E-state index contributed by atoms with van der Waals surface area (Å²) in [5, 5.41) is 1.32. The van der Waals surface area contributed by atoms with Crippen molar-refractivity contribution in [3.8, 4) is 5.00 Å². The molecule has 28 heavy (non-hydrogen) atoms. The Labute approximate surface area is 165 Å². The minimum absolute atomic E-state index is 0.251. The average molecular weight is 393 g/mol. The van der Waals surface area contributed by atoms with E-state index in [-0.39, 0.29) is 5.56 Å². The molecule has 1 atom stereocenters. The van der Waals surface area contributed by atoms with Gasteiger partial charge in [-0.1, -0.05) is 12.1 Å². The molecule has 0 amide bonds. The van der Waals surface area contributed by atoms with Crippen molar-refractivity contribution in [1.29, 1.82) is 0 Å². The van der Waals surface area contributed by atoms with Gasteiger partial charge in [-0.15, -0.1) is 11.3 Å². The molecule has 3 aromatic heterocycles. The number of carbonyl (C=O) groups excluding carboxylic acids is 1. The Morgan fingerprint density at radius 3 is 2.64 bits per heavy atom. The van der Waals surface area contributed by atoms with E-state index in [1.165, 1.54) is 0 Å². The summed E-state index contributed by atoms with van der Waals surface area (Å²) in [6, 6.07) is 10.9. The van der Waals surface area contributed by atoms with Crippen molar-refractivity contribution < 1.29 is 9.53 Å². The van der Waals surface area contributed by atoms with Crippen LogP contribution in [0.4, 0.5) is 0 Å². The number of aromatic amines is 1. The van der Waals surface area contributed by atoms with E-state index in [2.05, 4.69) is 9.97 Å². The third kappa shape index (κ3) is 3.14. The zero-order valence-corrected chi connectivity index (χ0v) is 16.5. The van der Waals surface area contributed by atoms with E-state index >= 15 is 0 Å². The highest BCUT2D eigenvalue weighted by Crippen LogP contribution is 2.32. The van der Waals surface area contributed by atoms with E-state index in [0.717, 1.165) is 15.4 Å². The first-order chi connectivity index (χ1) is 13.5. The van der Waals surface area contributed by atoms with E-state index in [9.17, 15) is 9.59 Å². The summed E-state index contributed by atoms with van der Waals surface area (Å²) in [7, 11) is 0. The van der Waals surface area contributed by atoms with E-state index in [4.69, 9.17) is 4.74 Å². The Hall–Kier alpha value is -3.19. The number of hydrogen-bond donors (Lipinski definition) is 1. The predicted molar refractivity (Wildman–Crippen MR) is 109 cm³/mol. The van der Waals surface area contributed by atoms with Crippen LogP contribution in [0.15, 0.2) is 53.6 Å². The van der Waals surface area contributed by atoms with E-state index < -0.39 is 12.1 Å². The second-order valence-corrected chi connectivity index (χ2v) is 7.77. The van der Waals surface area contributed by atoms with Crippen LogP contribution in [-0.2, 0) is 4.74 Å². The second-order valence-electron chi connectivity index (χ2n) is 6.57. The Bertz CT molecular complexity index is 1220. The fraction of sp³-hybridized carbons (Fsp3) is 0.190. The molecule has 1 aromatic carbocycles. The van der Waals surface area contributed by atoms with Gasteiger partial charge in [-0.05, 0) is 50.6 Å². The lowest BCUT2D eigenvalue weighted by Gasteiger charge is -2.14. The predicted octanol–water partition coefficient (Wildman–Crippen LogP) is 4.31. The fourth-order valence-electron chi connectivity index (χ4n) is 3.07. The topological polar surface area (TPSA) is 77.0 Å². The summed E-state index contributed by atoms with van der Waals surface area (Å²) < 4.78 is 7.59. The number of carbonyl (C=O) groups is 1. The maximum atomic E-state index is 13.0. The molecule has 0 aliphatic carbocycles. The van der Waals surface area contributed by atoms with Crippen LogP contribution in [0.2, 0.25) is 0 Å². The molecule has 3 heterocycles. The third-order valence-corrected chi connectivity index (χ3v) is 5.93. The maximum Gasteiger partial charge on any atom is 0.342 e. The molecule has 0 aliphatic rings. The zero-order chi connectivity index (χ0) is 19.8. The fourth-order valence-corrected chi connectivity index (χ4v) is 4.18. The molecule has 0 aliphatic heterocycles. The molecule has 0 unspecified atom stereocenters. The van der Waals surface area contributed by atoms with Gasteiger partial charge in [0.15, 0.2) is 11.9 Å². The molecule has 0 saturated heterocycles. The van der Waals surface area contributed by atoms with E-state index in [1.807, 2.05) is 49.0 Å². The minimum Gasteiger partial charge on any atom is -0.451 e. The number of esters is 1. The van der Waals surface area contributed by atoms with E-state index in [0.29, 0.717) is 22.3 Å². The number of ether oxygens (including phenoxy) is 1. The number of hydrogen-bond acceptors (Lipinski definition) is 5. The molecule has 6 nitrogen and oxygen atoms in total. The number of thiophene rings is 1. The van der Waals surface area contributed by atoms with Gasteiger partial charge < -0.3 is 14.3 Å². The van der Waals surface area contributed by atoms with Gasteiger partial charge in [-0.3, -0.25) is 4.79 Å². The van der Waals surface area contributed by atoms with Crippen molar-refractivity contribution >= 4 is 28.2 Å². The molecule has 0 spiro atoms. The first kappa shape index (κ1) is 18.2. The van der Waals surface area contributed by atoms with Crippen LogP contribution in [0.3, 0.4) is 0 Å². The van der Waals surface area contributed by atoms with Gasteiger partial charge in [0.1, 0.15) is 5.00 Å². The van der Waals surface area contributed by atoms with Gasteiger partial charge in [-0.25, -0.2) is 9.78 Å². The Morgan fingerprint density at radius 1 is 1.18 bits per heavy atom.